The Morgan fingerprint density at radius 1 is 1.12 bits per heavy atom. The number of pyridine rings is 2. The first-order valence-electron chi connectivity index (χ1n) is 11.6. The molecule has 2 aliphatic rings. The lowest BCUT2D eigenvalue weighted by atomic mass is 9.86. The number of nitrogens with zero attached hydrogens (tertiary/aromatic N) is 3. The zero-order valence-corrected chi connectivity index (χ0v) is 19.2. The number of cyclic esters (lactones) is 1. The fraction of sp³-hybridized carbons (Fsp3) is 0.385. The van der Waals surface area contributed by atoms with E-state index in [-0.39, 0.29) is 30.1 Å². The van der Waals surface area contributed by atoms with Crippen LogP contribution in [0.4, 0.5) is 9.18 Å². The molecule has 1 atom stereocenters. The van der Waals surface area contributed by atoms with Gasteiger partial charge in [0.05, 0.1) is 23.3 Å². The normalized spacial score (nSPS) is 24.1. The van der Waals surface area contributed by atoms with E-state index in [4.69, 9.17) is 4.74 Å². The largest absolute Gasteiger partial charge is 0.441 e. The number of rotatable bonds is 4. The molecule has 2 aromatic heterocycles. The van der Waals surface area contributed by atoms with Gasteiger partial charge < -0.3 is 10.1 Å². The summed E-state index contributed by atoms with van der Waals surface area (Å²) in [6, 6.07) is 12.7. The van der Waals surface area contributed by atoms with E-state index in [0.29, 0.717) is 16.6 Å². The van der Waals surface area contributed by atoms with E-state index in [1.165, 1.54) is 12.3 Å². The summed E-state index contributed by atoms with van der Waals surface area (Å²) < 4.78 is 19.2. The smallest absolute Gasteiger partial charge is 0.411 e. The topological polar surface area (TPSA) is 84.4 Å². The number of hydrogen-bond acceptors (Lipinski definition) is 5. The molecule has 1 aromatic carbocycles. The van der Waals surface area contributed by atoms with Crippen molar-refractivity contribution in [2.75, 3.05) is 0 Å². The van der Waals surface area contributed by atoms with Crippen molar-refractivity contribution in [3.8, 4) is 0 Å². The molecule has 34 heavy (non-hydrogen) atoms. The third-order valence-electron chi connectivity index (χ3n) is 6.83. The van der Waals surface area contributed by atoms with Gasteiger partial charge in [-0.3, -0.25) is 19.7 Å². The zero-order valence-electron chi connectivity index (χ0n) is 19.2. The molecule has 1 aliphatic heterocycles. The molecule has 0 bridgehead atoms. The van der Waals surface area contributed by atoms with Crippen molar-refractivity contribution in [3.05, 3.63) is 71.8 Å². The number of amides is 2. The Balaban J connectivity index is 1.28. The standard InChI is InChI=1S/C26H27FN4O3/c1-26(2)23(16-6-4-3-5-7-16)31(25(33)34-26)19-10-8-18(9-11-19)30-24(32)20-12-13-28-21-14-17(27)15-29-22(20)21/h3-7,12-15,18-19,23H,8-11H2,1-2H3,(H,30,32). The second-order valence-corrected chi connectivity index (χ2v) is 9.55. The summed E-state index contributed by atoms with van der Waals surface area (Å²) in [5.74, 6) is -0.743. The van der Waals surface area contributed by atoms with Crippen LogP contribution in [0.3, 0.4) is 0 Å². The molecule has 2 amide bonds. The van der Waals surface area contributed by atoms with Gasteiger partial charge in [0.15, 0.2) is 0 Å². The number of ether oxygens (including phenoxy) is 1. The second kappa shape index (κ2) is 8.66. The first-order chi connectivity index (χ1) is 16.3. The summed E-state index contributed by atoms with van der Waals surface area (Å²) in [6.45, 7) is 3.90. The Kier molecular flexibility index (Phi) is 5.67. The van der Waals surface area contributed by atoms with E-state index in [0.717, 1.165) is 37.4 Å². The van der Waals surface area contributed by atoms with Crippen LogP contribution in [0, 0.1) is 5.82 Å². The SMILES string of the molecule is CC1(C)OC(=O)N(C2CCC(NC(=O)c3ccnc4cc(F)cnc34)CC2)C1c1ccccc1. The van der Waals surface area contributed by atoms with Crippen molar-refractivity contribution in [1.29, 1.82) is 0 Å². The highest BCUT2D eigenvalue weighted by Gasteiger charge is 2.51. The summed E-state index contributed by atoms with van der Waals surface area (Å²) in [6.07, 6.45) is 5.30. The molecule has 1 unspecified atom stereocenters. The van der Waals surface area contributed by atoms with Crippen LogP contribution in [0.15, 0.2) is 54.9 Å². The number of hydrogen-bond donors (Lipinski definition) is 1. The molecule has 1 N–H and O–H groups in total. The molecule has 7 nitrogen and oxygen atoms in total. The van der Waals surface area contributed by atoms with Gasteiger partial charge >= 0.3 is 6.09 Å². The Hall–Kier alpha value is -3.55. The van der Waals surface area contributed by atoms with E-state index >= 15 is 0 Å². The summed E-state index contributed by atoms with van der Waals surface area (Å²) in [5.41, 5.74) is 1.53. The van der Waals surface area contributed by atoms with E-state index in [1.807, 2.05) is 49.1 Å². The van der Waals surface area contributed by atoms with E-state index in [9.17, 15) is 14.0 Å². The number of halogens is 1. The Bertz CT molecular complexity index is 1230. The summed E-state index contributed by atoms with van der Waals surface area (Å²) in [7, 11) is 0. The maximum atomic E-state index is 13.5. The molecular formula is C26H27FN4O3. The van der Waals surface area contributed by atoms with Gasteiger partial charge in [-0.1, -0.05) is 30.3 Å². The van der Waals surface area contributed by atoms with Crippen LogP contribution >= 0.6 is 0 Å². The Morgan fingerprint density at radius 3 is 2.59 bits per heavy atom. The fourth-order valence-corrected chi connectivity index (χ4v) is 5.28. The second-order valence-electron chi connectivity index (χ2n) is 9.55. The summed E-state index contributed by atoms with van der Waals surface area (Å²) in [5, 5.41) is 3.09. The Morgan fingerprint density at radius 2 is 1.85 bits per heavy atom. The summed E-state index contributed by atoms with van der Waals surface area (Å²) in [4.78, 5) is 35.9. The number of aromatic nitrogens is 2. The zero-order chi connectivity index (χ0) is 23.9. The summed E-state index contributed by atoms with van der Waals surface area (Å²) >= 11 is 0. The van der Waals surface area contributed by atoms with E-state index in [2.05, 4.69) is 15.3 Å². The van der Waals surface area contributed by atoms with Gasteiger partial charge in [-0.25, -0.2) is 9.18 Å². The number of nitrogens with one attached hydrogen (secondary N) is 1. The first kappa shape index (κ1) is 22.3. The minimum Gasteiger partial charge on any atom is -0.441 e. The molecule has 1 saturated carbocycles. The van der Waals surface area contributed by atoms with Gasteiger partial charge in [-0.15, -0.1) is 0 Å². The lowest BCUT2D eigenvalue weighted by Crippen LogP contribution is -2.46. The molecule has 0 radical (unpaired) electrons. The van der Waals surface area contributed by atoms with Crippen LogP contribution in [0.5, 0.6) is 0 Å². The van der Waals surface area contributed by atoms with Crippen LogP contribution < -0.4 is 5.32 Å². The van der Waals surface area contributed by atoms with Gasteiger partial charge in [-0.2, -0.15) is 0 Å². The van der Waals surface area contributed by atoms with Crippen molar-refractivity contribution in [1.82, 2.24) is 20.2 Å². The minimum absolute atomic E-state index is 0.0192. The predicted molar refractivity (Wildman–Crippen MR) is 125 cm³/mol. The maximum absolute atomic E-state index is 13.5. The molecule has 8 heteroatoms. The van der Waals surface area contributed by atoms with Crippen LogP contribution in [0.2, 0.25) is 0 Å². The number of fused-ring (bicyclic) bond motifs is 1. The van der Waals surface area contributed by atoms with Crippen molar-refractivity contribution in [2.24, 2.45) is 0 Å². The van der Waals surface area contributed by atoms with Crippen LogP contribution in [-0.2, 0) is 4.74 Å². The third kappa shape index (κ3) is 4.08. The first-order valence-corrected chi connectivity index (χ1v) is 11.6. The van der Waals surface area contributed by atoms with E-state index in [1.54, 1.807) is 6.07 Å². The molecule has 5 rings (SSSR count). The third-order valence-corrected chi connectivity index (χ3v) is 6.83. The van der Waals surface area contributed by atoms with Gasteiger partial charge in [0.1, 0.15) is 16.9 Å². The molecular weight excluding hydrogens is 435 g/mol. The van der Waals surface area contributed by atoms with Gasteiger partial charge in [-0.05, 0) is 51.2 Å². The highest BCUT2D eigenvalue weighted by atomic mass is 19.1. The molecule has 176 valence electrons. The van der Waals surface area contributed by atoms with Crippen LogP contribution in [0.25, 0.3) is 11.0 Å². The quantitative estimate of drug-likeness (QED) is 0.603. The van der Waals surface area contributed by atoms with Gasteiger partial charge in [0, 0.05) is 24.3 Å². The number of carbonyl (C=O) groups is 2. The number of benzene rings is 1. The molecule has 3 heterocycles. The van der Waals surface area contributed by atoms with Crippen molar-refractivity contribution >= 4 is 23.0 Å². The molecule has 0 spiro atoms. The lowest BCUT2D eigenvalue weighted by molar-refractivity contribution is 0.0663. The van der Waals surface area contributed by atoms with Crippen molar-refractivity contribution < 1.29 is 18.7 Å². The lowest BCUT2D eigenvalue weighted by Gasteiger charge is -2.38. The monoisotopic (exact) mass is 462 g/mol. The molecule has 3 aromatic rings. The van der Waals surface area contributed by atoms with Crippen molar-refractivity contribution in [2.45, 2.75) is 63.3 Å². The fourth-order valence-electron chi connectivity index (χ4n) is 5.28. The minimum atomic E-state index is -0.627. The number of carbonyl (C=O) groups excluding carboxylic acids is 2. The van der Waals surface area contributed by atoms with Crippen molar-refractivity contribution in [3.63, 3.8) is 0 Å². The highest BCUT2D eigenvalue weighted by molar-refractivity contribution is 6.04. The molecule has 2 fully saturated rings. The maximum Gasteiger partial charge on any atom is 0.411 e. The van der Waals surface area contributed by atoms with Crippen LogP contribution in [0.1, 0.15) is 61.5 Å². The van der Waals surface area contributed by atoms with Gasteiger partial charge in [0.2, 0.25) is 0 Å². The predicted octanol–water partition coefficient (Wildman–Crippen LogP) is 4.78. The van der Waals surface area contributed by atoms with Crippen LogP contribution in [-0.4, -0.2) is 44.6 Å². The average molecular weight is 463 g/mol. The molecule has 1 saturated heterocycles. The van der Waals surface area contributed by atoms with E-state index < -0.39 is 11.4 Å². The molecule has 1 aliphatic carbocycles. The van der Waals surface area contributed by atoms with Gasteiger partial charge in [0.25, 0.3) is 5.91 Å². The average Bonchev–Trinajstić information content (AvgIpc) is 3.07. The highest BCUT2D eigenvalue weighted by Crippen LogP contribution is 2.44. The Labute approximate surface area is 197 Å².